The summed E-state index contributed by atoms with van der Waals surface area (Å²) in [4.78, 5) is 3.11. The number of rotatable bonds is 2. The van der Waals surface area contributed by atoms with Gasteiger partial charge in [-0.1, -0.05) is 0 Å². The minimum absolute atomic E-state index is 0.119. The number of nitrogens with two attached hydrogens (primary N) is 1. The van der Waals surface area contributed by atoms with Crippen molar-refractivity contribution in [3.63, 3.8) is 0 Å². The van der Waals surface area contributed by atoms with E-state index in [9.17, 15) is 17.2 Å². The third-order valence-electron chi connectivity index (χ3n) is 1.48. The molecule has 84 valence electrons. The first-order valence-corrected chi connectivity index (χ1v) is 7.10. The third kappa shape index (κ3) is 2.94. The molecule has 15 heavy (non-hydrogen) atoms. The van der Waals surface area contributed by atoms with Gasteiger partial charge in [-0.3, -0.25) is 0 Å². The van der Waals surface area contributed by atoms with Crippen LogP contribution in [0.25, 0.3) is 0 Å². The Morgan fingerprint density at radius 3 is 2.33 bits per heavy atom. The Labute approximate surface area is 112 Å². The van der Waals surface area contributed by atoms with Gasteiger partial charge in [0.25, 0.3) is 6.43 Å². The zero-order chi connectivity index (χ0) is 11.8. The second kappa shape index (κ2) is 4.71. The van der Waals surface area contributed by atoms with Crippen LogP contribution in [-0.2, 0) is 10.0 Å². The fourth-order valence-corrected chi connectivity index (χ4v) is 3.69. The number of hydrogen-bond donors (Lipinski definition) is 1. The highest BCUT2D eigenvalue weighted by Crippen LogP contribution is 2.30. The second-order valence-corrected chi connectivity index (χ2v) is 6.09. The number of primary sulfonamides is 1. The molecule has 1 rings (SSSR count). The Balaban J connectivity index is 3.65. The minimum atomic E-state index is -4.16. The van der Waals surface area contributed by atoms with E-state index in [0.29, 0.717) is 3.70 Å². The fraction of sp³-hybridized carbons (Fsp3) is 0.167. The molecule has 9 heteroatoms. The van der Waals surface area contributed by atoms with Gasteiger partial charge in [0.15, 0.2) is 0 Å². The molecule has 0 unspecified atom stereocenters. The highest BCUT2D eigenvalue weighted by atomic mass is 127. The number of hydrogen-bond acceptors (Lipinski definition) is 3. The van der Waals surface area contributed by atoms with Crippen LogP contribution in [0.15, 0.2) is 11.1 Å². The molecule has 0 saturated heterocycles. The van der Waals surface area contributed by atoms with Gasteiger partial charge < -0.3 is 0 Å². The average Bonchev–Trinajstić information content (AvgIpc) is 2.06. The molecule has 0 aliphatic carbocycles. The molecule has 0 atom stereocenters. The quantitative estimate of drug-likeness (QED) is 0.542. The first-order chi connectivity index (χ1) is 6.75. The molecule has 0 aliphatic rings. The summed E-state index contributed by atoms with van der Waals surface area (Å²) in [6, 6.07) is 0. The van der Waals surface area contributed by atoms with E-state index in [1.165, 1.54) is 0 Å². The Bertz CT molecular complexity index is 492. The maximum absolute atomic E-state index is 12.5. The lowest BCUT2D eigenvalue weighted by Gasteiger charge is -2.09. The lowest BCUT2D eigenvalue weighted by molar-refractivity contribution is 0.147. The molecule has 0 aromatic carbocycles. The Morgan fingerprint density at radius 2 is 1.93 bits per heavy atom. The van der Waals surface area contributed by atoms with Gasteiger partial charge >= 0.3 is 0 Å². The number of pyridine rings is 1. The van der Waals surface area contributed by atoms with Crippen molar-refractivity contribution in [1.29, 1.82) is 0 Å². The molecule has 0 amide bonds. The number of alkyl halides is 2. The topological polar surface area (TPSA) is 73.1 Å². The van der Waals surface area contributed by atoms with E-state index in [1.54, 1.807) is 45.2 Å². The Hall–Kier alpha value is 0.380. The van der Waals surface area contributed by atoms with Crippen molar-refractivity contribution in [2.24, 2.45) is 5.14 Å². The van der Waals surface area contributed by atoms with E-state index in [2.05, 4.69) is 4.98 Å². The van der Waals surface area contributed by atoms with Crippen LogP contribution in [0.1, 0.15) is 12.0 Å². The number of aromatic nitrogens is 1. The van der Waals surface area contributed by atoms with Gasteiger partial charge in [-0.2, -0.15) is 0 Å². The molecular weight excluding hydrogens is 456 g/mol. The summed E-state index contributed by atoms with van der Waals surface area (Å²) in [7, 11) is -4.16. The SMILES string of the molecule is NS(=O)(=O)c1c(C(F)F)cnc(I)c1I. The van der Waals surface area contributed by atoms with Crippen LogP contribution in [0, 0.1) is 7.27 Å². The van der Waals surface area contributed by atoms with E-state index < -0.39 is 26.9 Å². The zero-order valence-electron chi connectivity index (χ0n) is 6.92. The van der Waals surface area contributed by atoms with Crippen molar-refractivity contribution in [2.75, 3.05) is 0 Å². The molecule has 1 heterocycles. The van der Waals surface area contributed by atoms with Crippen molar-refractivity contribution < 1.29 is 17.2 Å². The van der Waals surface area contributed by atoms with E-state index in [-0.39, 0.29) is 3.57 Å². The van der Waals surface area contributed by atoms with Gasteiger partial charge in [-0.15, -0.1) is 0 Å². The predicted molar refractivity (Wildman–Crippen MR) is 66.0 cm³/mol. The minimum Gasteiger partial charge on any atom is -0.249 e. The molecule has 1 aromatic heterocycles. The van der Waals surface area contributed by atoms with Gasteiger partial charge in [0.2, 0.25) is 10.0 Å². The van der Waals surface area contributed by atoms with Crippen LogP contribution < -0.4 is 5.14 Å². The van der Waals surface area contributed by atoms with E-state index >= 15 is 0 Å². The van der Waals surface area contributed by atoms with Crippen molar-refractivity contribution in [1.82, 2.24) is 4.98 Å². The third-order valence-corrected chi connectivity index (χ3v) is 5.75. The molecule has 4 nitrogen and oxygen atoms in total. The Morgan fingerprint density at radius 1 is 1.40 bits per heavy atom. The standard InChI is InChI=1S/C6H4F2I2N2O2S/c7-5(8)2-1-12-6(10)3(9)4(2)15(11,13)14/h1,5H,(H2,11,13,14). The molecule has 0 saturated carbocycles. The lowest BCUT2D eigenvalue weighted by atomic mass is 10.3. The van der Waals surface area contributed by atoms with Crippen molar-refractivity contribution in [2.45, 2.75) is 11.3 Å². The number of halogens is 4. The second-order valence-electron chi connectivity index (χ2n) is 2.49. The van der Waals surface area contributed by atoms with Gasteiger partial charge in [-0.25, -0.2) is 27.3 Å². The van der Waals surface area contributed by atoms with Gasteiger partial charge in [0.1, 0.15) is 8.60 Å². The zero-order valence-corrected chi connectivity index (χ0v) is 12.0. The largest absolute Gasteiger partial charge is 0.266 e. The summed E-state index contributed by atoms with van der Waals surface area (Å²) in [6.45, 7) is 0. The summed E-state index contributed by atoms with van der Waals surface area (Å²) in [5, 5.41) is 4.87. The maximum atomic E-state index is 12.5. The van der Waals surface area contributed by atoms with Crippen molar-refractivity contribution in [3.8, 4) is 0 Å². The molecule has 0 aliphatic heterocycles. The first kappa shape index (κ1) is 13.4. The average molecular weight is 460 g/mol. The highest BCUT2D eigenvalue weighted by Gasteiger charge is 2.25. The summed E-state index contributed by atoms with van der Waals surface area (Å²) < 4.78 is 47.7. The van der Waals surface area contributed by atoms with E-state index in [4.69, 9.17) is 5.14 Å². The van der Waals surface area contributed by atoms with E-state index in [1.807, 2.05) is 0 Å². The van der Waals surface area contributed by atoms with Crippen LogP contribution >= 0.6 is 45.2 Å². The van der Waals surface area contributed by atoms with Crippen molar-refractivity contribution in [3.05, 3.63) is 19.0 Å². The molecule has 1 aromatic rings. The normalized spacial score (nSPS) is 12.1. The highest BCUT2D eigenvalue weighted by molar-refractivity contribution is 14.1. The summed E-state index contributed by atoms with van der Waals surface area (Å²) in [5.74, 6) is 0. The fourth-order valence-electron chi connectivity index (χ4n) is 0.907. The van der Waals surface area contributed by atoms with Crippen molar-refractivity contribution >= 4 is 55.2 Å². The number of sulfonamides is 1. The van der Waals surface area contributed by atoms with Crippen LogP contribution in [0.2, 0.25) is 0 Å². The molecule has 2 N–H and O–H groups in total. The summed E-state index contributed by atoms with van der Waals surface area (Å²) in [6.07, 6.45) is -2.09. The molecule has 0 bridgehead atoms. The van der Waals surface area contributed by atoms with Crippen LogP contribution in [0.4, 0.5) is 8.78 Å². The van der Waals surface area contributed by atoms with Crippen LogP contribution in [0.3, 0.4) is 0 Å². The first-order valence-electron chi connectivity index (χ1n) is 3.40. The van der Waals surface area contributed by atoms with Gasteiger partial charge in [0.05, 0.1) is 9.13 Å². The summed E-state index contributed by atoms with van der Waals surface area (Å²) in [5.41, 5.74) is -0.665. The van der Waals surface area contributed by atoms with Crippen LogP contribution in [-0.4, -0.2) is 13.4 Å². The summed E-state index contributed by atoms with van der Waals surface area (Å²) >= 11 is 3.37. The Kier molecular flexibility index (Phi) is 4.22. The molecule has 0 spiro atoms. The van der Waals surface area contributed by atoms with Gasteiger partial charge in [-0.05, 0) is 45.2 Å². The lowest BCUT2D eigenvalue weighted by Crippen LogP contribution is -2.17. The maximum Gasteiger partial charge on any atom is 0.266 e. The van der Waals surface area contributed by atoms with E-state index in [0.717, 1.165) is 6.20 Å². The monoisotopic (exact) mass is 460 g/mol. The predicted octanol–water partition coefficient (Wildman–Crippen LogP) is 1.88. The molecule has 0 fully saturated rings. The van der Waals surface area contributed by atoms with Gasteiger partial charge in [0, 0.05) is 6.20 Å². The molecular formula is C6H4F2I2N2O2S. The number of nitrogens with zero attached hydrogens (tertiary/aromatic N) is 1. The smallest absolute Gasteiger partial charge is 0.249 e. The molecule has 0 radical (unpaired) electrons. The van der Waals surface area contributed by atoms with Crippen LogP contribution in [0.5, 0.6) is 0 Å².